The Morgan fingerprint density at radius 2 is 1.95 bits per heavy atom. The van der Waals surface area contributed by atoms with E-state index in [1.165, 1.54) is 27.0 Å². The molecule has 0 saturated carbocycles. The average Bonchev–Trinajstić information content (AvgIpc) is 3.03. The van der Waals surface area contributed by atoms with Gasteiger partial charge in [-0.3, -0.25) is 23.7 Å². The van der Waals surface area contributed by atoms with Crippen LogP contribution < -0.4 is 26.6 Å². The molecule has 0 spiro atoms. The molecule has 0 unspecified atom stereocenters. The molecule has 5 N–H and O–H groups in total. The molecule has 0 bridgehead atoms. The van der Waals surface area contributed by atoms with Crippen LogP contribution in [0.2, 0.25) is 0 Å². The lowest BCUT2D eigenvalue weighted by Gasteiger charge is -2.29. The summed E-state index contributed by atoms with van der Waals surface area (Å²) in [6.07, 6.45) is -2.81. The molecule has 1 aromatic carbocycles. The Hall–Kier alpha value is -2.80. The maximum atomic E-state index is 13.7. The van der Waals surface area contributed by atoms with Crippen LogP contribution >= 0.6 is 7.75 Å². The summed E-state index contributed by atoms with van der Waals surface area (Å²) in [6, 6.07) is 7.09. The number of nitrogens with zero attached hydrogens (tertiary/aromatic N) is 1. The minimum atomic E-state index is -4.23. The molecule has 0 radical (unpaired) electrons. The first-order valence-electron chi connectivity index (χ1n) is 11.7. The number of para-hydroxylation sites is 1. The van der Waals surface area contributed by atoms with Crippen molar-refractivity contribution in [2.75, 3.05) is 6.61 Å². The number of hydrogen-bond donors (Lipinski definition) is 4. The quantitative estimate of drug-likeness (QED) is 0.248. The molecule has 13 nitrogen and oxygen atoms in total. The molecule has 1 aromatic heterocycles. The van der Waals surface area contributed by atoms with Crippen LogP contribution in [-0.2, 0) is 23.4 Å². The first-order valence-corrected chi connectivity index (χ1v) is 13.2. The number of aromatic nitrogens is 2. The molecular formula is C23H33N4O9P. The van der Waals surface area contributed by atoms with Gasteiger partial charge in [-0.25, -0.2) is 9.36 Å². The van der Waals surface area contributed by atoms with Gasteiger partial charge in [0.2, 0.25) is 0 Å². The molecule has 14 heteroatoms. The molecule has 1 aliphatic rings. The molecule has 2 aromatic rings. The molecule has 0 amide bonds. The third kappa shape index (κ3) is 6.75. The third-order valence-corrected chi connectivity index (χ3v) is 7.30. The zero-order chi connectivity index (χ0) is 27.5. The van der Waals surface area contributed by atoms with Crippen molar-refractivity contribution in [3.63, 3.8) is 0 Å². The van der Waals surface area contributed by atoms with Crippen LogP contribution in [0.25, 0.3) is 0 Å². The number of rotatable bonds is 10. The number of aliphatic hydroxyl groups is 1. The summed E-state index contributed by atoms with van der Waals surface area (Å²) >= 11 is 0. The van der Waals surface area contributed by atoms with E-state index in [4.69, 9.17) is 24.3 Å². The van der Waals surface area contributed by atoms with E-state index in [1.54, 1.807) is 44.2 Å². The summed E-state index contributed by atoms with van der Waals surface area (Å²) in [4.78, 5) is 38.6. The second-order valence-corrected chi connectivity index (χ2v) is 11.0. The van der Waals surface area contributed by atoms with Crippen molar-refractivity contribution in [2.24, 2.45) is 5.73 Å². The van der Waals surface area contributed by atoms with Crippen LogP contribution in [0.5, 0.6) is 5.75 Å². The monoisotopic (exact) mass is 540 g/mol. The summed E-state index contributed by atoms with van der Waals surface area (Å²) in [6.45, 7) is 7.28. The standard InChI is InChI=1S/C23H33N4O9P/c1-13(2)34-20(30)15(4)26-37(32,36-16-9-7-6-8-10-16)33-12-17-18(28)23(5,24)21(35-17)27-11-14(3)19(29)25-22(27)31/h6-11,13,15,17-18,21,28H,12,24H2,1-5H3,(H,26,32)(H,25,29,31)/t15-,17-,18-,21-,23-,37-/m1/s1. The highest BCUT2D eigenvalue weighted by Gasteiger charge is 2.52. The number of nitrogens with two attached hydrogens (primary N) is 1. The zero-order valence-corrected chi connectivity index (χ0v) is 22.1. The van der Waals surface area contributed by atoms with E-state index < -0.39 is 67.7 Å². The van der Waals surface area contributed by atoms with E-state index in [2.05, 4.69) is 10.1 Å². The van der Waals surface area contributed by atoms with E-state index in [0.717, 1.165) is 4.57 Å². The molecular weight excluding hydrogens is 507 g/mol. The number of aryl methyl sites for hydroxylation is 1. The van der Waals surface area contributed by atoms with Gasteiger partial charge in [0.05, 0.1) is 18.2 Å². The Kier molecular flexibility index (Phi) is 8.78. The molecule has 0 aliphatic carbocycles. The maximum absolute atomic E-state index is 13.7. The number of aliphatic hydroxyl groups excluding tert-OH is 1. The van der Waals surface area contributed by atoms with Crippen molar-refractivity contribution in [3.8, 4) is 5.75 Å². The minimum Gasteiger partial charge on any atom is -0.462 e. The van der Waals surface area contributed by atoms with Crippen molar-refractivity contribution in [1.82, 2.24) is 14.6 Å². The Morgan fingerprint density at radius 1 is 1.30 bits per heavy atom. The number of esters is 1. The van der Waals surface area contributed by atoms with Crippen LogP contribution in [0.1, 0.15) is 39.5 Å². The smallest absolute Gasteiger partial charge is 0.459 e. The van der Waals surface area contributed by atoms with Crippen molar-refractivity contribution in [3.05, 3.63) is 62.9 Å². The van der Waals surface area contributed by atoms with Gasteiger partial charge in [-0.15, -0.1) is 0 Å². The van der Waals surface area contributed by atoms with Crippen LogP contribution in [0, 0.1) is 6.92 Å². The number of ether oxygens (including phenoxy) is 2. The zero-order valence-electron chi connectivity index (χ0n) is 21.2. The second-order valence-electron chi connectivity index (χ2n) is 9.35. The van der Waals surface area contributed by atoms with Gasteiger partial charge in [0, 0.05) is 11.8 Å². The number of benzene rings is 1. The lowest BCUT2D eigenvalue weighted by molar-refractivity contribution is -0.149. The predicted octanol–water partition coefficient (Wildman–Crippen LogP) is 0.954. The molecule has 1 fully saturated rings. The van der Waals surface area contributed by atoms with Gasteiger partial charge in [0.25, 0.3) is 5.56 Å². The SMILES string of the molecule is Cc1cn([C@@H]2O[C@H](CO[P@](=O)(N[C@H](C)C(=O)OC(C)C)Oc3ccccc3)[C@@H](O)[C@@]2(C)N)c(=O)[nH]c1=O. The normalized spacial score (nSPS) is 26.0. The topological polar surface area (TPSA) is 184 Å². The highest BCUT2D eigenvalue weighted by atomic mass is 31.2. The van der Waals surface area contributed by atoms with Crippen molar-refractivity contribution >= 4 is 13.7 Å². The molecule has 6 atom stereocenters. The summed E-state index contributed by atoms with van der Waals surface area (Å²) in [7, 11) is -4.23. The highest BCUT2D eigenvalue weighted by Crippen LogP contribution is 2.46. The van der Waals surface area contributed by atoms with Crippen molar-refractivity contribution < 1.29 is 33.0 Å². The lowest BCUT2D eigenvalue weighted by atomic mass is 9.93. The van der Waals surface area contributed by atoms with E-state index in [1.807, 2.05) is 0 Å². The minimum absolute atomic E-state index is 0.201. The van der Waals surface area contributed by atoms with Crippen molar-refractivity contribution in [2.45, 2.75) is 70.7 Å². The number of carbonyl (C=O) groups excluding carboxylic acids is 1. The van der Waals surface area contributed by atoms with Gasteiger partial charge in [0.15, 0.2) is 6.23 Å². The van der Waals surface area contributed by atoms with E-state index >= 15 is 0 Å². The predicted molar refractivity (Wildman–Crippen MR) is 133 cm³/mol. The largest absolute Gasteiger partial charge is 0.462 e. The molecule has 2 heterocycles. The Labute approximate surface area is 213 Å². The van der Waals surface area contributed by atoms with Gasteiger partial charge < -0.3 is 24.8 Å². The fraction of sp³-hybridized carbons (Fsp3) is 0.522. The van der Waals surface area contributed by atoms with E-state index in [0.29, 0.717) is 0 Å². The van der Waals surface area contributed by atoms with Crippen molar-refractivity contribution in [1.29, 1.82) is 0 Å². The van der Waals surface area contributed by atoms with Crippen LogP contribution in [0.4, 0.5) is 0 Å². The fourth-order valence-corrected chi connectivity index (χ4v) is 5.20. The van der Waals surface area contributed by atoms with Crippen LogP contribution in [0.15, 0.2) is 46.1 Å². The van der Waals surface area contributed by atoms with Gasteiger partial charge in [-0.2, -0.15) is 5.09 Å². The second kappa shape index (κ2) is 11.3. The first kappa shape index (κ1) is 28.8. The van der Waals surface area contributed by atoms with Gasteiger partial charge >= 0.3 is 19.4 Å². The van der Waals surface area contributed by atoms with E-state index in [-0.39, 0.29) is 11.3 Å². The molecule has 204 valence electrons. The Morgan fingerprint density at radius 3 is 2.57 bits per heavy atom. The lowest BCUT2D eigenvalue weighted by Crippen LogP contribution is -2.53. The number of nitrogens with one attached hydrogen (secondary N) is 2. The summed E-state index contributed by atoms with van der Waals surface area (Å²) < 4.78 is 36.9. The summed E-state index contributed by atoms with van der Waals surface area (Å²) in [5.41, 5.74) is 3.72. The molecule has 37 heavy (non-hydrogen) atoms. The average molecular weight is 541 g/mol. The number of H-pyrrole nitrogens is 1. The number of hydrogen-bond acceptors (Lipinski definition) is 10. The maximum Gasteiger partial charge on any atom is 0.459 e. The molecule has 3 rings (SSSR count). The Balaban J connectivity index is 1.82. The van der Waals surface area contributed by atoms with Crippen LogP contribution in [0.3, 0.4) is 0 Å². The Bertz CT molecular complexity index is 1260. The molecule has 1 saturated heterocycles. The summed E-state index contributed by atoms with van der Waals surface area (Å²) in [5, 5.41) is 13.4. The first-order chi connectivity index (χ1) is 17.2. The fourth-order valence-electron chi connectivity index (χ4n) is 3.70. The molecule has 1 aliphatic heterocycles. The summed E-state index contributed by atoms with van der Waals surface area (Å²) in [5.74, 6) is -0.470. The third-order valence-electron chi connectivity index (χ3n) is 5.66. The van der Waals surface area contributed by atoms with Gasteiger partial charge in [0.1, 0.15) is 24.0 Å². The van der Waals surface area contributed by atoms with Gasteiger partial charge in [-0.1, -0.05) is 18.2 Å². The van der Waals surface area contributed by atoms with Crippen LogP contribution in [-0.4, -0.2) is 57.1 Å². The van der Waals surface area contributed by atoms with E-state index in [9.17, 15) is 24.1 Å². The number of carbonyl (C=O) groups is 1. The highest BCUT2D eigenvalue weighted by molar-refractivity contribution is 7.52. The number of aromatic amines is 1. The van der Waals surface area contributed by atoms with Gasteiger partial charge in [-0.05, 0) is 46.8 Å².